The van der Waals surface area contributed by atoms with Crippen LogP contribution >= 0.6 is 0 Å². The average molecular weight is 252 g/mol. The molecule has 0 spiro atoms. The summed E-state index contributed by atoms with van der Waals surface area (Å²) in [5.41, 5.74) is 6.48. The molecule has 0 saturated carbocycles. The van der Waals surface area contributed by atoms with E-state index in [4.69, 9.17) is 15.2 Å². The molecule has 0 amide bonds. The van der Waals surface area contributed by atoms with Crippen molar-refractivity contribution in [1.82, 2.24) is 4.90 Å². The summed E-state index contributed by atoms with van der Waals surface area (Å²) >= 11 is 0. The summed E-state index contributed by atoms with van der Waals surface area (Å²) < 4.78 is 10.7. The normalized spacial score (nSPS) is 20.9. The minimum atomic E-state index is 0.0894. The molecule has 0 aromatic heterocycles. The summed E-state index contributed by atoms with van der Waals surface area (Å²) in [4.78, 5) is 2.23. The zero-order valence-corrected chi connectivity index (χ0v) is 10.6. The lowest BCUT2D eigenvalue weighted by molar-refractivity contribution is -0.0262. The monoisotopic (exact) mass is 252 g/mol. The molecule has 5 nitrogen and oxygen atoms in total. The lowest BCUT2D eigenvalue weighted by Crippen LogP contribution is -2.45. The van der Waals surface area contributed by atoms with Gasteiger partial charge in [0, 0.05) is 31.7 Å². The molecule has 1 aliphatic heterocycles. The van der Waals surface area contributed by atoms with Crippen LogP contribution in [0.25, 0.3) is 0 Å². The Morgan fingerprint density at radius 1 is 1.56 bits per heavy atom. The molecule has 3 N–H and O–H groups in total. The minimum absolute atomic E-state index is 0.0894. The van der Waals surface area contributed by atoms with Gasteiger partial charge >= 0.3 is 0 Å². The molecule has 1 aromatic rings. The van der Waals surface area contributed by atoms with Crippen LogP contribution in [0.1, 0.15) is 5.56 Å². The Balaban J connectivity index is 2.04. The number of ether oxygens (including phenoxy) is 2. The summed E-state index contributed by atoms with van der Waals surface area (Å²) in [6, 6.07) is 5.28. The van der Waals surface area contributed by atoms with Crippen LogP contribution in [-0.2, 0) is 11.3 Å². The first-order valence-corrected chi connectivity index (χ1v) is 6.13. The first-order chi connectivity index (χ1) is 8.72. The summed E-state index contributed by atoms with van der Waals surface area (Å²) in [6.45, 7) is 3.55. The molecule has 0 bridgehead atoms. The van der Waals surface area contributed by atoms with Gasteiger partial charge in [-0.05, 0) is 18.2 Å². The SMILES string of the molecule is COc1ccc(O)c(CN2CCOC(CN)C2)c1. The van der Waals surface area contributed by atoms with Crippen LogP contribution in [0.3, 0.4) is 0 Å². The molecule has 0 radical (unpaired) electrons. The first-order valence-electron chi connectivity index (χ1n) is 6.13. The van der Waals surface area contributed by atoms with E-state index in [2.05, 4.69) is 4.90 Å². The number of rotatable bonds is 4. The number of methoxy groups -OCH3 is 1. The van der Waals surface area contributed by atoms with E-state index in [1.807, 2.05) is 6.07 Å². The van der Waals surface area contributed by atoms with Crippen LogP contribution in [0.15, 0.2) is 18.2 Å². The second-order valence-electron chi connectivity index (χ2n) is 4.46. The molecule has 1 heterocycles. The summed E-state index contributed by atoms with van der Waals surface area (Å²) in [5.74, 6) is 1.05. The van der Waals surface area contributed by atoms with E-state index in [1.165, 1.54) is 0 Å². The van der Waals surface area contributed by atoms with E-state index in [0.29, 0.717) is 25.4 Å². The van der Waals surface area contributed by atoms with Gasteiger partial charge in [-0.15, -0.1) is 0 Å². The molecular formula is C13H20N2O3. The Labute approximate surface area is 107 Å². The molecule has 1 unspecified atom stereocenters. The van der Waals surface area contributed by atoms with E-state index in [9.17, 15) is 5.11 Å². The quantitative estimate of drug-likeness (QED) is 0.819. The maximum Gasteiger partial charge on any atom is 0.120 e. The van der Waals surface area contributed by atoms with Crippen LogP contribution in [0.2, 0.25) is 0 Å². The fraction of sp³-hybridized carbons (Fsp3) is 0.538. The van der Waals surface area contributed by atoms with Gasteiger partial charge in [-0.2, -0.15) is 0 Å². The second-order valence-corrected chi connectivity index (χ2v) is 4.46. The Hall–Kier alpha value is -1.30. The van der Waals surface area contributed by atoms with Gasteiger partial charge < -0.3 is 20.3 Å². The average Bonchev–Trinajstić information content (AvgIpc) is 2.41. The number of nitrogens with zero attached hydrogens (tertiary/aromatic N) is 1. The number of phenolic OH excluding ortho intramolecular Hbond substituents is 1. The Morgan fingerprint density at radius 3 is 3.11 bits per heavy atom. The molecule has 5 heteroatoms. The minimum Gasteiger partial charge on any atom is -0.508 e. The molecule has 1 aromatic carbocycles. The van der Waals surface area contributed by atoms with Gasteiger partial charge in [0.25, 0.3) is 0 Å². The fourth-order valence-corrected chi connectivity index (χ4v) is 2.12. The number of morpholine rings is 1. The Bertz CT molecular complexity index is 398. The number of hydrogen-bond donors (Lipinski definition) is 2. The number of benzene rings is 1. The van der Waals surface area contributed by atoms with Crippen molar-refractivity contribution in [2.45, 2.75) is 12.6 Å². The van der Waals surface area contributed by atoms with Crippen molar-refractivity contribution >= 4 is 0 Å². The van der Waals surface area contributed by atoms with Gasteiger partial charge in [0.05, 0.1) is 19.8 Å². The Kier molecular flexibility index (Phi) is 4.41. The molecular weight excluding hydrogens is 232 g/mol. The zero-order valence-electron chi connectivity index (χ0n) is 10.6. The highest BCUT2D eigenvalue weighted by atomic mass is 16.5. The first kappa shape index (κ1) is 13.1. The van der Waals surface area contributed by atoms with Gasteiger partial charge in [-0.3, -0.25) is 4.90 Å². The van der Waals surface area contributed by atoms with Crippen molar-refractivity contribution in [2.75, 3.05) is 33.4 Å². The van der Waals surface area contributed by atoms with Gasteiger partial charge in [0.1, 0.15) is 11.5 Å². The number of phenols is 1. The summed E-state index contributed by atoms with van der Waals surface area (Å²) in [5, 5.41) is 9.85. The lowest BCUT2D eigenvalue weighted by atomic mass is 10.1. The molecule has 100 valence electrons. The highest BCUT2D eigenvalue weighted by Crippen LogP contribution is 2.24. The van der Waals surface area contributed by atoms with Crippen molar-refractivity contribution in [3.8, 4) is 11.5 Å². The van der Waals surface area contributed by atoms with Gasteiger partial charge in [0.15, 0.2) is 0 Å². The van der Waals surface area contributed by atoms with Crippen LogP contribution in [0.5, 0.6) is 11.5 Å². The maximum absolute atomic E-state index is 9.85. The highest BCUT2D eigenvalue weighted by molar-refractivity contribution is 5.39. The van der Waals surface area contributed by atoms with Gasteiger partial charge in [0.2, 0.25) is 0 Å². The standard InChI is InChI=1S/C13H20N2O3/c1-17-11-2-3-13(16)10(6-11)8-15-4-5-18-12(7-14)9-15/h2-3,6,12,16H,4-5,7-9,14H2,1H3. The highest BCUT2D eigenvalue weighted by Gasteiger charge is 2.20. The number of aromatic hydroxyl groups is 1. The van der Waals surface area contributed by atoms with Crippen LogP contribution in [-0.4, -0.2) is 49.5 Å². The lowest BCUT2D eigenvalue weighted by Gasteiger charge is -2.32. The molecule has 1 aliphatic rings. The van der Waals surface area contributed by atoms with Crippen molar-refractivity contribution in [1.29, 1.82) is 0 Å². The predicted octanol–water partition coefficient (Wildman–Crippen LogP) is 0.560. The van der Waals surface area contributed by atoms with Crippen molar-refractivity contribution < 1.29 is 14.6 Å². The van der Waals surface area contributed by atoms with Crippen LogP contribution in [0.4, 0.5) is 0 Å². The fourth-order valence-electron chi connectivity index (χ4n) is 2.12. The molecule has 1 fully saturated rings. The van der Waals surface area contributed by atoms with Gasteiger partial charge in [-0.25, -0.2) is 0 Å². The van der Waals surface area contributed by atoms with Crippen molar-refractivity contribution in [3.63, 3.8) is 0 Å². The van der Waals surface area contributed by atoms with E-state index >= 15 is 0 Å². The summed E-state index contributed by atoms with van der Waals surface area (Å²) in [7, 11) is 1.62. The molecule has 1 atom stereocenters. The molecule has 18 heavy (non-hydrogen) atoms. The van der Waals surface area contributed by atoms with Gasteiger partial charge in [-0.1, -0.05) is 0 Å². The number of hydrogen-bond acceptors (Lipinski definition) is 5. The third-order valence-corrected chi connectivity index (χ3v) is 3.17. The second kappa shape index (κ2) is 6.04. The Morgan fingerprint density at radius 2 is 2.39 bits per heavy atom. The number of nitrogens with two attached hydrogens (primary N) is 1. The smallest absolute Gasteiger partial charge is 0.120 e. The topological polar surface area (TPSA) is 68.0 Å². The predicted molar refractivity (Wildman–Crippen MR) is 68.7 cm³/mol. The zero-order chi connectivity index (χ0) is 13.0. The van der Waals surface area contributed by atoms with Crippen LogP contribution in [0, 0.1) is 0 Å². The van der Waals surface area contributed by atoms with Crippen molar-refractivity contribution in [3.05, 3.63) is 23.8 Å². The molecule has 0 aliphatic carbocycles. The third kappa shape index (κ3) is 3.13. The van der Waals surface area contributed by atoms with Crippen molar-refractivity contribution in [2.24, 2.45) is 5.73 Å². The molecule has 1 saturated heterocycles. The van der Waals surface area contributed by atoms with E-state index < -0.39 is 0 Å². The van der Waals surface area contributed by atoms with Crippen LogP contribution < -0.4 is 10.5 Å². The summed E-state index contributed by atoms with van der Waals surface area (Å²) in [6.07, 6.45) is 0.0894. The van der Waals surface area contributed by atoms with E-state index in [1.54, 1.807) is 19.2 Å². The van der Waals surface area contributed by atoms with E-state index in [0.717, 1.165) is 24.4 Å². The maximum atomic E-state index is 9.85. The molecule has 2 rings (SSSR count). The largest absolute Gasteiger partial charge is 0.508 e. The van der Waals surface area contributed by atoms with E-state index in [-0.39, 0.29) is 6.10 Å². The third-order valence-electron chi connectivity index (χ3n) is 3.17.